The molecular weight excluding hydrogens is 196 g/mol. The molecule has 0 radical (unpaired) electrons. The van der Waals surface area contributed by atoms with Crippen molar-refractivity contribution in [3.05, 3.63) is 29.5 Å². The Morgan fingerprint density at radius 3 is 2.80 bits per heavy atom. The highest BCUT2D eigenvalue weighted by Crippen LogP contribution is 2.31. The first-order valence-corrected chi connectivity index (χ1v) is 4.44. The number of hydrogen-bond acceptors (Lipinski definition) is 3. The van der Waals surface area contributed by atoms with Crippen LogP contribution in [0, 0.1) is 6.92 Å². The predicted molar refractivity (Wildman–Crippen MR) is 54.5 cm³/mol. The van der Waals surface area contributed by atoms with E-state index in [1.54, 1.807) is 13.0 Å². The van der Waals surface area contributed by atoms with Crippen LogP contribution in [0.15, 0.2) is 22.6 Å². The van der Waals surface area contributed by atoms with Crippen molar-refractivity contribution < 1.29 is 19.1 Å². The number of rotatable bonds is 2. The number of benzene rings is 1. The van der Waals surface area contributed by atoms with Gasteiger partial charge in [0, 0.05) is 5.39 Å². The van der Waals surface area contributed by atoms with Crippen LogP contribution in [0.25, 0.3) is 11.0 Å². The summed E-state index contributed by atoms with van der Waals surface area (Å²) in [5.74, 6) is -0.0262. The van der Waals surface area contributed by atoms with E-state index in [2.05, 4.69) is 0 Å². The molecule has 1 heterocycles. The zero-order valence-corrected chi connectivity index (χ0v) is 8.40. The van der Waals surface area contributed by atoms with E-state index < -0.39 is 5.97 Å². The fraction of sp³-hybridized carbons (Fsp3) is 0.182. The van der Waals surface area contributed by atoms with E-state index in [4.69, 9.17) is 14.3 Å². The Labute approximate surface area is 86.1 Å². The lowest BCUT2D eigenvalue weighted by atomic mass is 10.1. The number of hydrogen-bond donors (Lipinski definition) is 1. The van der Waals surface area contributed by atoms with Crippen molar-refractivity contribution in [1.29, 1.82) is 0 Å². The van der Waals surface area contributed by atoms with Gasteiger partial charge in [0.25, 0.3) is 0 Å². The lowest BCUT2D eigenvalue weighted by molar-refractivity contribution is 0.0693. The van der Waals surface area contributed by atoms with Crippen LogP contribution in [0.1, 0.15) is 16.1 Å². The van der Waals surface area contributed by atoms with Crippen LogP contribution in [0.4, 0.5) is 0 Å². The third-order valence-electron chi connectivity index (χ3n) is 2.20. The molecule has 0 aliphatic heterocycles. The van der Waals surface area contributed by atoms with E-state index in [9.17, 15) is 4.79 Å². The molecule has 0 aliphatic carbocycles. The third kappa shape index (κ3) is 1.44. The molecule has 0 atom stereocenters. The number of aromatic carboxylic acids is 1. The highest BCUT2D eigenvalue weighted by atomic mass is 16.5. The van der Waals surface area contributed by atoms with Gasteiger partial charge in [-0.1, -0.05) is 0 Å². The third-order valence-corrected chi connectivity index (χ3v) is 2.20. The molecule has 15 heavy (non-hydrogen) atoms. The summed E-state index contributed by atoms with van der Waals surface area (Å²) in [6.07, 6.45) is 0. The minimum Gasteiger partial charge on any atom is -0.492 e. The monoisotopic (exact) mass is 206 g/mol. The van der Waals surface area contributed by atoms with E-state index in [0.29, 0.717) is 5.58 Å². The van der Waals surface area contributed by atoms with Gasteiger partial charge < -0.3 is 14.3 Å². The van der Waals surface area contributed by atoms with Crippen molar-refractivity contribution in [2.24, 2.45) is 0 Å². The first-order valence-electron chi connectivity index (χ1n) is 4.44. The van der Waals surface area contributed by atoms with Crippen molar-refractivity contribution in [2.45, 2.75) is 6.92 Å². The molecule has 1 N–H and O–H groups in total. The van der Waals surface area contributed by atoms with Gasteiger partial charge >= 0.3 is 5.97 Å². The summed E-state index contributed by atoms with van der Waals surface area (Å²) >= 11 is 0. The number of methoxy groups -OCH3 is 1. The van der Waals surface area contributed by atoms with Crippen LogP contribution in [0.3, 0.4) is 0 Å². The summed E-state index contributed by atoms with van der Waals surface area (Å²) in [4.78, 5) is 10.9. The van der Waals surface area contributed by atoms with E-state index >= 15 is 0 Å². The summed E-state index contributed by atoms with van der Waals surface area (Å²) < 4.78 is 10.5. The number of fused-ring (bicyclic) bond motifs is 1. The Balaban J connectivity index is 2.80. The Kier molecular flexibility index (Phi) is 2.11. The number of carboxylic acids is 1. The molecule has 0 amide bonds. The van der Waals surface area contributed by atoms with Gasteiger partial charge in [-0.3, -0.25) is 0 Å². The van der Waals surface area contributed by atoms with E-state index in [-0.39, 0.29) is 11.3 Å². The van der Waals surface area contributed by atoms with Crippen LogP contribution in [-0.4, -0.2) is 18.2 Å². The molecule has 1 aromatic carbocycles. The normalized spacial score (nSPS) is 10.5. The highest BCUT2D eigenvalue weighted by Gasteiger charge is 2.16. The lowest BCUT2D eigenvalue weighted by Gasteiger charge is -2.04. The first kappa shape index (κ1) is 9.58. The Morgan fingerprint density at radius 1 is 1.47 bits per heavy atom. The van der Waals surface area contributed by atoms with Gasteiger partial charge in [-0.25, -0.2) is 4.79 Å². The number of carbonyl (C=O) groups is 1. The molecule has 1 aromatic heterocycles. The molecule has 4 heteroatoms. The Morgan fingerprint density at radius 2 is 2.20 bits per heavy atom. The fourth-order valence-corrected chi connectivity index (χ4v) is 1.58. The highest BCUT2D eigenvalue weighted by molar-refractivity contribution is 5.98. The van der Waals surface area contributed by atoms with E-state index in [1.807, 2.05) is 6.07 Å². The Hall–Kier alpha value is -1.97. The van der Waals surface area contributed by atoms with Crippen LogP contribution in [0.5, 0.6) is 5.75 Å². The van der Waals surface area contributed by atoms with Crippen molar-refractivity contribution in [2.75, 3.05) is 7.11 Å². The van der Waals surface area contributed by atoms with Gasteiger partial charge in [-0.2, -0.15) is 0 Å². The van der Waals surface area contributed by atoms with Gasteiger partial charge in [0.05, 0.1) is 7.11 Å². The number of furan rings is 1. The van der Waals surface area contributed by atoms with Gasteiger partial charge in [0.15, 0.2) is 11.3 Å². The summed E-state index contributed by atoms with van der Waals surface area (Å²) in [7, 11) is 1.43. The fourth-order valence-electron chi connectivity index (χ4n) is 1.58. The van der Waals surface area contributed by atoms with Gasteiger partial charge in [0.1, 0.15) is 11.3 Å². The van der Waals surface area contributed by atoms with Crippen LogP contribution >= 0.6 is 0 Å². The molecular formula is C11H10O4. The van der Waals surface area contributed by atoms with Gasteiger partial charge in [0.2, 0.25) is 0 Å². The van der Waals surface area contributed by atoms with Crippen molar-refractivity contribution in [3.8, 4) is 5.75 Å². The van der Waals surface area contributed by atoms with E-state index in [1.165, 1.54) is 13.2 Å². The zero-order valence-electron chi connectivity index (χ0n) is 8.40. The molecule has 78 valence electrons. The summed E-state index contributed by atoms with van der Waals surface area (Å²) in [5.41, 5.74) is 0.592. The molecule has 0 spiro atoms. The molecule has 0 saturated heterocycles. The average molecular weight is 206 g/mol. The molecule has 0 unspecified atom stereocenters. The van der Waals surface area contributed by atoms with Crippen LogP contribution < -0.4 is 4.74 Å². The minimum atomic E-state index is -1.03. The Bertz CT molecular complexity index is 525. The predicted octanol–water partition coefficient (Wildman–Crippen LogP) is 2.45. The van der Waals surface area contributed by atoms with Crippen LogP contribution in [-0.2, 0) is 0 Å². The largest absolute Gasteiger partial charge is 0.492 e. The number of ether oxygens (including phenoxy) is 1. The van der Waals surface area contributed by atoms with Crippen molar-refractivity contribution >= 4 is 16.9 Å². The molecule has 0 bridgehead atoms. The smallest absolute Gasteiger partial charge is 0.339 e. The molecule has 0 saturated carbocycles. The molecule has 0 fully saturated rings. The lowest BCUT2D eigenvalue weighted by Crippen LogP contribution is -2.00. The summed E-state index contributed by atoms with van der Waals surface area (Å²) in [6, 6.07) is 5.06. The van der Waals surface area contributed by atoms with Crippen molar-refractivity contribution in [1.82, 2.24) is 0 Å². The maximum Gasteiger partial charge on any atom is 0.339 e. The van der Waals surface area contributed by atoms with E-state index in [0.717, 1.165) is 11.1 Å². The zero-order chi connectivity index (χ0) is 11.0. The first-order chi connectivity index (χ1) is 7.13. The van der Waals surface area contributed by atoms with Crippen LogP contribution in [0.2, 0.25) is 0 Å². The summed E-state index contributed by atoms with van der Waals surface area (Å²) in [6.45, 7) is 1.81. The minimum absolute atomic E-state index is 0.111. The SMILES string of the molecule is COc1c(C(=O)O)ccc2cc(C)oc12. The maximum absolute atomic E-state index is 10.9. The van der Waals surface area contributed by atoms with Crippen molar-refractivity contribution in [3.63, 3.8) is 0 Å². The molecule has 2 rings (SSSR count). The number of carboxylic acid groups (broad SMARTS) is 1. The molecule has 2 aromatic rings. The average Bonchev–Trinajstić information content (AvgIpc) is 2.55. The molecule has 0 aliphatic rings. The molecule has 4 nitrogen and oxygen atoms in total. The quantitative estimate of drug-likeness (QED) is 0.819. The topological polar surface area (TPSA) is 59.7 Å². The van der Waals surface area contributed by atoms with Gasteiger partial charge in [-0.05, 0) is 25.1 Å². The second-order valence-corrected chi connectivity index (χ2v) is 3.23. The number of aryl methyl sites for hydroxylation is 1. The van der Waals surface area contributed by atoms with Gasteiger partial charge in [-0.15, -0.1) is 0 Å². The second kappa shape index (κ2) is 3.31. The standard InChI is InChI=1S/C11H10O4/c1-6-5-7-3-4-8(11(12)13)10(14-2)9(7)15-6/h3-5H,1-2H3,(H,12,13). The summed E-state index contributed by atoms with van der Waals surface area (Å²) in [5, 5.41) is 9.78. The second-order valence-electron chi connectivity index (χ2n) is 3.23. The maximum atomic E-state index is 10.9.